The molecular weight excluding hydrogens is 222 g/mol. The molecule has 3 nitrogen and oxygen atoms in total. The fraction of sp³-hybridized carbons (Fsp3) is 0.400. The lowest BCUT2D eigenvalue weighted by Gasteiger charge is -2.15. The van der Waals surface area contributed by atoms with Gasteiger partial charge in [-0.05, 0) is 44.4 Å². The second-order valence-corrected chi connectivity index (χ2v) is 5.02. The van der Waals surface area contributed by atoms with Gasteiger partial charge in [0.05, 0.1) is 12.0 Å². The van der Waals surface area contributed by atoms with Crippen LogP contribution in [0.1, 0.15) is 34.1 Å². The van der Waals surface area contributed by atoms with Gasteiger partial charge >= 0.3 is 0 Å². The van der Waals surface area contributed by atoms with E-state index in [0.717, 1.165) is 12.2 Å². The average molecular weight is 243 g/mol. The van der Waals surface area contributed by atoms with Crippen molar-refractivity contribution in [1.82, 2.24) is 9.55 Å². The Morgan fingerprint density at radius 2 is 1.89 bits per heavy atom. The van der Waals surface area contributed by atoms with Gasteiger partial charge in [-0.25, -0.2) is 4.98 Å². The number of benzene rings is 1. The molecule has 1 heterocycles. The van der Waals surface area contributed by atoms with Crippen LogP contribution in [0.25, 0.3) is 0 Å². The van der Waals surface area contributed by atoms with E-state index in [9.17, 15) is 0 Å². The fourth-order valence-corrected chi connectivity index (χ4v) is 2.04. The summed E-state index contributed by atoms with van der Waals surface area (Å²) in [7, 11) is 0. The zero-order chi connectivity index (χ0) is 13.3. The van der Waals surface area contributed by atoms with Crippen molar-refractivity contribution in [2.75, 3.05) is 0 Å². The first-order valence-electron chi connectivity index (χ1n) is 6.30. The van der Waals surface area contributed by atoms with Crippen molar-refractivity contribution in [3.8, 4) is 0 Å². The van der Waals surface area contributed by atoms with Gasteiger partial charge in [-0.1, -0.05) is 18.2 Å². The van der Waals surface area contributed by atoms with Gasteiger partial charge in [-0.2, -0.15) is 0 Å². The molecule has 0 bridgehead atoms. The Morgan fingerprint density at radius 3 is 2.44 bits per heavy atom. The Labute approximate surface area is 109 Å². The lowest BCUT2D eigenvalue weighted by Crippen LogP contribution is -2.18. The van der Waals surface area contributed by atoms with Gasteiger partial charge in [-0.3, -0.25) is 0 Å². The summed E-state index contributed by atoms with van der Waals surface area (Å²) in [4.78, 5) is 4.30. The second kappa shape index (κ2) is 4.94. The van der Waals surface area contributed by atoms with Crippen LogP contribution in [-0.4, -0.2) is 9.55 Å². The molecule has 3 heteroatoms. The van der Waals surface area contributed by atoms with E-state index in [-0.39, 0.29) is 6.04 Å². The number of rotatable bonds is 3. The molecular formula is C15H21N3. The predicted octanol–water partition coefficient (Wildman–Crippen LogP) is 2.82. The predicted molar refractivity (Wildman–Crippen MR) is 74.5 cm³/mol. The first-order chi connectivity index (χ1) is 8.49. The number of hydrogen-bond donors (Lipinski definition) is 1. The highest BCUT2D eigenvalue weighted by molar-refractivity contribution is 5.31. The van der Waals surface area contributed by atoms with Gasteiger partial charge in [0.15, 0.2) is 0 Å². The van der Waals surface area contributed by atoms with Crippen LogP contribution in [0.5, 0.6) is 0 Å². The lowest BCUT2D eigenvalue weighted by molar-refractivity contribution is 0.566. The minimum Gasteiger partial charge on any atom is -0.333 e. The summed E-state index contributed by atoms with van der Waals surface area (Å²) in [5, 5.41) is 0. The van der Waals surface area contributed by atoms with Crippen LogP contribution in [0, 0.1) is 27.7 Å². The monoisotopic (exact) mass is 243 g/mol. The van der Waals surface area contributed by atoms with E-state index in [1.165, 1.54) is 22.4 Å². The van der Waals surface area contributed by atoms with Crippen LogP contribution >= 0.6 is 0 Å². The van der Waals surface area contributed by atoms with Crippen molar-refractivity contribution < 1.29 is 0 Å². The van der Waals surface area contributed by atoms with E-state index < -0.39 is 0 Å². The molecule has 1 aromatic heterocycles. The molecule has 0 saturated carbocycles. The summed E-state index contributed by atoms with van der Waals surface area (Å²) in [6.07, 6.45) is 1.87. The van der Waals surface area contributed by atoms with E-state index in [4.69, 9.17) is 5.73 Å². The molecule has 1 aromatic carbocycles. The molecule has 0 spiro atoms. The maximum Gasteiger partial charge on any atom is 0.0952 e. The molecule has 0 saturated heterocycles. The molecule has 1 unspecified atom stereocenters. The van der Waals surface area contributed by atoms with Crippen LogP contribution < -0.4 is 5.73 Å². The van der Waals surface area contributed by atoms with Gasteiger partial charge in [0.2, 0.25) is 0 Å². The van der Waals surface area contributed by atoms with Crippen molar-refractivity contribution in [2.24, 2.45) is 5.73 Å². The first kappa shape index (κ1) is 12.8. The van der Waals surface area contributed by atoms with E-state index >= 15 is 0 Å². The number of nitrogens with zero attached hydrogens (tertiary/aromatic N) is 2. The van der Waals surface area contributed by atoms with Crippen LogP contribution in [-0.2, 0) is 6.54 Å². The van der Waals surface area contributed by atoms with Crippen LogP contribution in [0.3, 0.4) is 0 Å². The highest BCUT2D eigenvalue weighted by atomic mass is 15.1. The number of nitrogens with two attached hydrogens (primary N) is 1. The smallest absolute Gasteiger partial charge is 0.0952 e. The quantitative estimate of drug-likeness (QED) is 0.901. The fourth-order valence-electron chi connectivity index (χ4n) is 2.04. The summed E-state index contributed by atoms with van der Waals surface area (Å²) in [5.74, 6) is 0. The highest BCUT2D eigenvalue weighted by Gasteiger charge is 2.10. The topological polar surface area (TPSA) is 43.8 Å². The Balaban J connectivity index is 2.19. The van der Waals surface area contributed by atoms with Gasteiger partial charge < -0.3 is 10.3 Å². The van der Waals surface area contributed by atoms with Crippen molar-refractivity contribution >= 4 is 0 Å². The molecule has 0 radical (unpaired) electrons. The molecule has 0 aliphatic rings. The van der Waals surface area contributed by atoms with Gasteiger partial charge in [-0.15, -0.1) is 0 Å². The summed E-state index contributed by atoms with van der Waals surface area (Å²) in [5.41, 5.74) is 12.3. The van der Waals surface area contributed by atoms with E-state index in [1.54, 1.807) is 0 Å². The summed E-state index contributed by atoms with van der Waals surface area (Å²) in [6, 6.07) is 6.44. The summed E-state index contributed by atoms with van der Waals surface area (Å²) >= 11 is 0. The van der Waals surface area contributed by atoms with E-state index in [1.807, 2.05) is 13.3 Å². The number of hydrogen-bond acceptors (Lipinski definition) is 2. The van der Waals surface area contributed by atoms with Gasteiger partial charge in [0.25, 0.3) is 0 Å². The van der Waals surface area contributed by atoms with E-state index in [2.05, 4.69) is 48.5 Å². The zero-order valence-corrected chi connectivity index (χ0v) is 11.6. The standard InChI is InChI=1S/C15H21N3/c1-10-5-6-14(7-11(10)2)15(16)8-18-9-17-12(3)13(18)4/h5-7,9,15H,8,16H2,1-4H3. The molecule has 1 atom stereocenters. The summed E-state index contributed by atoms with van der Waals surface area (Å²) < 4.78 is 2.12. The first-order valence-corrected chi connectivity index (χ1v) is 6.30. The SMILES string of the molecule is Cc1ccc(C(N)Cn2cnc(C)c2C)cc1C. The molecule has 2 N–H and O–H groups in total. The molecule has 0 aliphatic heterocycles. The van der Waals surface area contributed by atoms with Crippen molar-refractivity contribution in [3.05, 3.63) is 52.6 Å². The normalized spacial score (nSPS) is 12.7. The molecule has 2 rings (SSSR count). The second-order valence-electron chi connectivity index (χ2n) is 5.02. The van der Waals surface area contributed by atoms with E-state index in [0.29, 0.717) is 0 Å². The summed E-state index contributed by atoms with van der Waals surface area (Å²) in [6.45, 7) is 9.12. The third kappa shape index (κ3) is 2.46. The zero-order valence-electron chi connectivity index (χ0n) is 11.6. The molecule has 96 valence electrons. The number of aryl methyl sites for hydroxylation is 3. The molecule has 0 aliphatic carbocycles. The average Bonchev–Trinajstić information content (AvgIpc) is 2.64. The maximum absolute atomic E-state index is 6.28. The van der Waals surface area contributed by atoms with Crippen LogP contribution in [0.2, 0.25) is 0 Å². The van der Waals surface area contributed by atoms with Crippen molar-refractivity contribution in [2.45, 2.75) is 40.3 Å². The third-order valence-corrected chi connectivity index (χ3v) is 3.70. The molecule has 2 aromatic rings. The van der Waals surface area contributed by atoms with Crippen molar-refractivity contribution in [1.29, 1.82) is 0 Å². The molecule has 0 amide bonds. The number of imidazole rings is 1. The van der Waals surface area contributed by atoms with Crippen molar-refractivity contribution in [3.63, 3.8) is 0 Å². The van der Waals surface area contributed by atoms with Crippen LogP contribution in [0.4, 0.5) is 0 Å². The number of aromatic nitrogens is 2. The molecule has 0 fully saturated rings. The van der Waals surface area contributed by atoms with Gasteiger partial charge in [0.1, 0.15) is 0 Å². The Morgan fingerprint density at radius 1 is 1.17 bits per heavy atom. The minimum atomic E-state index is 0.0107. The highest BCUT2D eigenvalue weighted by Crippen LogP contribution is 2.18. The third-order valence-electron chi connectivity index (χ3n) is 3.70. The Kier molecular flexibility index (Phi) is 3.53. The molecule has 18 heavy (non-hydrogen) atoms. The van der Waals surface area contributed by atoms with Gasteiger partial charge in [0, 0.05) is 18.3 Å². The van der Waals surface area contributed by atoms with Crippen LogP contribution in [0.15, 0.2) is 24.5 Å². The largest absolute Gasteiger partial charge is 0.333 e. The lowest BCUT2D eigenvalue weighted by atomic mass is 10.0. The minimum absolute atomic E-state index is 0.0107. The maximum atomic E-state index is 6.28. The Hall–Kier alpha value is -1.61. The Bertz CT molecular complexity index is 555.